The van der Waals surface area contributed by atoms with Crippen molar-refractivity contribution in [3.63, 3.8) is 0 Å². The van der Waals surface area contributed by atoms with E-state index in [0.717, 1.165) is 11.3 Å². The zero-order valence-corrected chi connectivity index (χ0v) is 14.3. The third-order valence-corrected chi connectivity index (χ3v) is 4.04. The molecule has 1 aromatic heterocycles. The fourth-order valence-corrected chi connectivity index (χ4v) is 2.99. The number of hydrogen-bond donors (Lipinski definition) is 1. The van der Waals surface area contributed by atoms with Gasteiger partial charge in [0.1, 0.15) is 0 Å². The molecule has 1 aromatic carbocycles. The van der Waals surface area contributed by atoms with Gasteiger partial charge in [0.2, 0.25) is 6.79 Å². The molecule has 0 bridgehead atoms. The molecule has 126 valence electrons. The van der Waals surface area contributed by atoms with Gasteiger partial charge in [-0.05, 0) is 52.0 Å². The number of fused-ring (bicyclic) bond motifs is 1. The smallest absolute Gasteiger partial charge is 0.271 e. The van der Waals surface area contributed by atoms with Gasteiger partial charge in [-0.15, -0.1) is 0 Å². The summed E-state index contributed by atoms with van der Waals surface area (Å²) in [6.07, 6.45) is 1.67. The van der Waals surface area contributed by atoms with Crippen LogP contribution in [0.3, 0.4) is 0 Å². The first-order valence-electron chi connectivity index (χ1n) is 7.89. The first kappa shape index (κ1) is 16.1. The van der Waals surface area contributed by atoms with E-state index in [4.69, 9.17) is 9.47 Å². The number of benzene rings is 1. The largest absolute Gasteiger partial charge is 0.454 e. The number of aryl methyl sites for hydroxylation is 1. The van der Waals surface area contributed by atoms with E-state index in [9.17, 15) is 4.79 Å². The van der Waals surface area contributed by atoms with Crippen LogP contribution < -0.4 is 14.9 Å². The Kier molecular flexibility index (Phi) is 4.29. The first-order valence-corrected chi connectivity index (χ1v) is 7.89. The molecule has 1 N–H and O–H groups in total. The first-order chi connectivity index (χ1) is 11.5. The standard InChI is InChI=1S/C18H21N3O3/c1-11(2)21-12(3)7-15(13(21)4)9-19-20-18(22)14-5-6-16-17(8-14)24-10-23-16/h5-9,11H,10H2,1-4H3,(H,20,22)/b19-9-. The lowest BCUT2D eigenvalue weighted by Gasteiger charge is -2.13. The topological polar surface area (TPSA) is 64.8 Å². The summed E-state index contributed by atoms with van der Waals surface area (Å²) in [5, 5.41) is 4.08. The van der Waals surface area contributed by atoms with Gasteiger partial charge in [0.05, 0.1) is 6.21 Å². The molecular weight excluding hydrogens is 306 g/mol. The van der Waals surface area contributed by atoms with Gasteiger partial charge < -0.3 is 14.0 Å². The fourth-order valence-electron chi connectivity index (χ4n) is 2.99. The van der Waals surface area contributed by atoms with Crippen molar-refractivity contribution in [1.82, 2.24) is 9.99 Å². The van der Waals surface area contributed by atoms with Crippen molar-refractivity contribution in [3.05, 3.63) is 46.8 Å². The maximum atomic E-state index is 12.2. The second kappa shape index (κ2) is 6.39. The van der Waals surface area contributed by atoms with Crippen molar-refractivity contribution in [1.29, 1.82) is 0 Å². The number of carbonyl (C=O) groups is 1. The minimum atomic E-state index is -0.290. The molecule has 24 heavy (non-hydrogen) atoms. The van der Waals surface area contributed by atoms with E-state index in [0.29, 0.717) is 23.1 Å². The van der Waals surface area contributed by atoms with E-state index in [2.05, 4.69) is 41.9 Å². The number of aromatic nitrogens is 1. The Bertz CT molecular complexity index is 806. The Morgan fingerprint density at radius 3 is 2.71 bits per heavy atom. The van der Waals surface area contributed by atoms with E-state index >= 15 is 0 Å². The quantitative estimate of drug-likeness (QED) is 0.693. The van der Waals surface area contributed by atoms with Crippen LogP contribution in [0.1, 0.15) is 47.2 Å². The Labute approximate surface area is 141 Å². The molecule has 0 aliphatic carbocycles. The van der Waals surface area contributed by atoms with Gasteiger partial charge in [0.25, 0.3) is 5.91 Å². The lowest BCUT2D eigenvalue weighted by molar-refractivity contribution is 0.0954. The zero-order chi connectivity index (χ0) is 17.3. The SMILES string of the molecule is Cc1cc(/C=N\NC(=O)c2ccc3c(c2)OCO3)c(C)n1C(C)C. The maximum absolute atomic E-state index is 12.2. The number of hydrogen-bond acceptors (Lipinski definition) is 4. The predicted octanol–water partition coefficient (Wildman–Crippen LogP) is 3.18. The second-order valence-electron chi connectivity index (χ2n) is 6.06. The molecule has 0 atom stereocenters. The molecule has 2 aromatic rings. The normalized spacial score (nSPS) is 13.0. The minimum absolute atomic E-state index is 0.185. The lowest BCUT2D eigenvalue weighted by atomic mass is 10.2. The van der Waals surface area contributed by atoms with Crippen molar-refractivity contribution in [3.8, 4) is 11.5 Å². The molecule has 1 amide bonds. The Morgan fingerprint density at radius 2 is 2.00 bits per heavy atom. The minimum Gasteiger partial charge on any atom is -0.454 e. The zero-order valence-electron chi connectivity index (χ0n) is 14.3. The molecule has 1 aliphatic rings. The molecule has 3 rings (SSSR count). The van der Waals surface area contributed by atoms with Crippen LogP contribution in [0.4, 0.5) is 0 Å². The Balaban J connectivity index is 1.70. The average molecular weight is 327 g/mol. The van der Waals surface area contributed by atoms with Crippen LogP contribution in [0.5, 0.6) is 11.5 Å². The highest BCUT2D eigenvalue weighted by Gasteiger charge is 2.16. The molecular formula is C18H21N3O3. The van der Waals surface area contributed by atoms with Gasteiger partial charge in [-0.1, -0.05) is 0 Å². The molecule has 0 saturated carbocycles. The molecule has 0 unspecified atom stereocenters. The third-order valence-electron chi connectivity index (χ3n) is 4.04. The summed E-state index contributed by atoms with van der Waals surface area (Å²) in [4.78, 5) is 12.2. The third kappa shape index (κ3) is 2.99. The molecule has 1 aliphatic heterocycles. The summed E-state index contributed by atoms with van der Waals surface area (Å²) in [5.74, 6) is 0.936. The Morgan fingerprint density at radius 1 is 1.25 bits per heavy atom. The van der Waals surface area contributed by atoms with Crippen molar-refractivity contribution in [2.45, 2.75) is 33.7 Å². The number of rotatable bonds is 4. The van der Waals surface area contributed by atoms with Crippen LogP contribution in [0.15, 0.2) is 29.4 Å². The highest BCUT2D eigenvalue weighted by Crippen LogP contribution is 2.32. The molecule has 0 saturated heterocycles. The number of ether oxygens (including phenoxy) is 2. The molecule has 6 nitrogen and oxygen atoms in total. The number of hydrazone groups is 1. The number of nitrogens with one attached hydrogen (secondary N) is 1. The van der Waals surface area contributed by atoms with Crippen LogP contribution in [0, 0.1) is 13.8 Å². The monoisotopic (exact) mass is 327 g/mol. The van der Waals surface area contributed by atoms with Crippen LogP contribution in [-0.4, -0.2) is 23.5 Å². The summed E-state index contributed by atoms with van der Waals surface area (Å²) < 4.78 is 12.7. The van der Waals surface area contributed by atoms with Crippen LogP contribution in [-0.2, 0) is 0 Å². The number of amides is 1. The van der Waals surface area contributed by atoms with Gasteiger partial charge in [-0.3, -0.25) is 4.79 Å². The lowest BCUT2D eigenvalue weighted by Crippen LogP contribution is -2.17. The molecule has 0 fully saturated rings. The van der Waals surface area contributed by atoms with E-state index in [1.54, 1.807) is 24.4 Å². The highest BCUT2D eigenvalue weighted by atomic mass is 16.7. The molecule has 0 spiro atoms. The predicted molar refractivity (Wildman–Crippen MR) is 91.9 cm³/mol. The van der Waals surface area contributed by atoms with E-state index < -0.39 is 0 Å². The van der Waals surface area contributed by atoms with Crippen LogP contribution >= 0.6 is 0 Å². The maximum Gasteiger partial charge on any atom is 0.271 e. The van der Waals surface area contributed by atoms with Gasteiger partial charge in [0.15, 0.2) is 11.5 Å². The molecule has 0 radical (unpaired) electrons. The Hall–Kier alpha value is -2.76. The summed E-state index contributed by atoms with van der Waals surface area (Å²) in [6, 6.07) is 7.50. The summed E-state index contributed by atoms with van der Waals surface area (Å²) in [6.45, 7) is 8.58. The molecule has 2 heterocycles. The summed E-state index contributed by atoms with van der Waals surface area (Å²) >= 11 is 0. The van der Waals surface area contributed by atoms with Gasteiger partial charge in [-0.25, -0.2) is 5.43 Å². The van der Waals surface area contributed by atoms with Crippen molar-refractivity contribution in [2.24, 2.45) is 5.10 Å². The number of nitrogens with zero attached hydrogens (tertiary/aromatic N) is 2. The van der Waals surface area contributed by atoms with E-state index in [-0.39, 0.29) is 12.7 Å². The second-order valence-corrected chi connectivity index (χ2v) is 6.06. The average Bonchev–Trinajstić information content (AvgIpc) is 3.10. The highest BCUT2D eigenvalue weighted by molar-refractivity contribution is 5.95. The molecule has 6 heteroatoms. The van der Waals surface area contributed by atoms with Crippen molar-refractivity contribution < 1.29 is 14.3 Å². The summed E-state index contributed by atoms with van der Waals surface area (Å²) in [5.41, 5.74) is 6.32. The van der Waals surface area contributed by atoms with Crippen LogP contribution in [0.2, 0.25) is 0 Å². The van der Waals surface area contributed by atoms with E-state index in [1.807, 2.05) is 6.92 Å². The van der Waals surface area contributed by atoms with Crippen molar-refractivity contribution in [2.75, 3.05) is 6.79 Å². The summed E-state index contributed by atoms with van der Waals surface area (Å²) in [7, 11) is 0. The number of carbonyl (C=O) groups excluding carboxylic acids is 1. The van der Waals surface area contributed by atoms with E-state index in [1.165, 1.54) is 5.69 Å². The van der Waals surface area contributed by atoms with Gasteiger partial charge in [-0.2, -0.15) is 5.10 Å². The van der Waals surface area contributed by atoms with Gasteiger partial charge in [0, 0.05) is 28.6 Å². The fraction of sp³-hybridized carbons (Fsp3) is 0.333. The van der Waals surface area contributed by atoms with Gasteiger partial charge >= 0.3 is 0 Å². The van der Waals surface area contributed by atoms with Crippen LogP contribution in [0.25, 0.3) is 0 Å². The van der Waals surface area contributed by atoms with Crippen molar-refractivity contribution >= 4 is 12.1 Å².